The fourth-order valence-corrected chi connectivity index (χ4v) is 3.27. The van der Waals surface area contributed by atoms with Crippen LogP contribution in [0.15, 0.2) is 0 Å². The highest BCUT2D eigenvalue weighted by Crippen LogP contribution is 2.30. The lowest BCUT2D eigenvalue weighted by molar-refractivity contribution is 0.0660. The summed E-state index contributed by atoms with van der Waals surface area (Å²) in [6.45, 7) is 12.9. The molecule has 1 aliphatic heterocycles. The van der Waals surface area contributed by atoms with Crippen LogP contribution in [0.1, 0.15) is 48.1 Å². The maximum Gasteiger partial charge on any atom is 0.266 e. The predicted octanol–water partition coefficient (Wildman–Crippen LogP) is 2.18. The maximum absolute atomic E-state index is 12.6. The Hall–Kier alpha value is -0.940. The van der Waals surface area contributed by atoms with Crippen molar-refractivity contribution in [1.29, 1.82) is 0 Å². The molecule has 1 aromatic rings. The largest absolute Gasteiger partial charge is 0.333 e. The van der Waals surface area contributed by atoms with E-state index >= 15 is 0 Å². The summed E-state index contributed by atoms with van der Waals surface area (Å²) in [6, 6.07) is 0.251. The molecule has 0 saturated carbocycles. The van der Waals surface area contributed by atoms with E-state index in [1.807, 2.05) is 11.8 Å². The molecule has 5 heteroatoms. The molecular formula is C14H23N3OS. The zero-order valence-electron chi connectivity index (χ0n) is 12.4. The summed E-state index contributed by atoms with van der Waals surface area (Å²) in [5.74, 6) is 0.138. The number of rotatable bonds is 1. The van der Waals surface area contributed by atoms with Gasteiger partial charge in [0.1, 0.15) is 4.88 Å². The molecule has 1 aliphatic rings. The van der Waals surface area contributed by atoms with Gasteiger partial charge in [0.15, 0.2) is 0 Å². The van der Waals surface area contributed by atoms with E-state index < -0.39 is 0 Å². The maximum atomic E-state index is 12.6. The molecule has 2 rings (SSSR count). The third-order valence-corrected chi connectivity index (χ3v) is 4.97. The summed E-state index contributed by atoms with van der Waals surface area (Å²) < 4.78 is 0. The number of aromatic nitrogens is 1. The second-order valence-corrected chi connectivity index (χ2v) is 7.23. The Labute approximate surface area is 119 Å². The van der Waals surface area contributed by atoms with Crippen LogP contribution in [0.5, 0.6) is 0 Å². The van der Waals surface area contributed by atoms with E-state index in [9.17, 15) is 4.79 Å². The number of carbonyl (C=O) groups excluding carboxylic acids is 1. The highest BCUT2D eigenvalue weighted by Gasteiger charge is 2.29. The second-order valence-electron chi connectivity index (χ2n) is 6.24. The first kappa shape index (κ1) is 14.5. The molecule has 0 bridgehead atoms. The van der Waals surface area contributed by atoms with E-state index in [0.717, 1.165) is 35.2 Å². The fraction of sp³-hybridized carbons (Fsp3) is 0.714. The molecule has 1 fully saturated rings. The predicted molar refractivity (Wildman–Crippen MR) is 78.9 cm³/mol. The van der Waals surface area contributed by atoms with Gasteiger partial charge < -0.3 is 10.2 Å². The van der Waals surface area contributed by atoms with Crippen molar-refractivity contribution >= 4 is 17.2 Å². The van der Waals surface area contributed by atoms with Crippen molar-refractivity contribution in [3.63, 3.8) is 0 Å². The number of hydrogen-bond acceptors (Lipinski definition) is 4. The molecule has 19 heavy (non-hydrogen) atoms. The van der Waals surface area contributed by atoms with Crippen molar-refractivity contribution in [1.82, 2.24) is 15.2 Å². The fourth-order valence-electron chi connectivity index (χ4n) is 2.19. The van der Waals surface area contributed by atoms with Crippen LogP contribution in [0.4, 0.5) is 0 Å². The number of nitrogens with zero attached hydrogens (tertiary/aromatic N) is 2. The van der Waals surface area contributed by atoms with Crippen molar-refractivity contribution in [3.8, 4) is 0 Å². The Morgan fingerprint density at radius 1 is 1.47 bits per heavy atom. The second kappa shape index (κ2) is 5.21. The van der Waals surface area contributed by atoms with Gasteiger partial charge in [-0.3, -0.25) is 4.79 Å². The van der Waals surface area contributed by atoms with Crippen molar-refractivity contribution in [3.05, 3.63) is 15.6 Å². The summed E-state index contributed by atoms with van der Waals surface area (Å²) in [5.41, 5.74) is 0.869. The van der Waals surface area contributed by atoms with Gasteiger partial charge >= 0.3 is 0 Å². The van der Waals surface area contributed by atoms with Crippen molar-refractivity contribution < 1.29 is 4.79 Å². The van der Waals surface area contributed by atoms with Crippen molar-refractivity contribution in [2.45, 2.75) is 46.1 Å². The van der Waals surface area contributed by atoms with Crippen LogP contribution in [0, 0.1) is 6.92 Å². The molecule has 4 nitrogen and oxygen atoms in total. The minimum absolute atomic E-state index is 0.00300. The molecule has 0 radical (unpaired) electrons. The van der Waals surface area contributed by atoms with Crippen molar-refractivity contribution in [2.75, 3.05) is 19.6 Å². The van der Waals surface area contributed by atoms with E-state index in [-0.39, 0.29) is 17.4 Å². The van der Waals surface area contributed by atoms with E-state index in [1.54, 1.807) is 11.3 Å². The molecule has 106 valence electrons. The topological polar surface area (TPSA) is 45.2 Å². The standard InChI is InChI=1S/C14H23N3OS/c1-9-8-15-6-7-17(9)12(18)11-10(2)16-13(19-11)14(3,4)5/h9,15H,6-8H2,1-5H3/t9-/m0/s1. The van der Waals surface area contributed by atoms with E-state index in [2.05, 4.69) is 38.0 Å². The van der Waals surface area contributed by atoms with Gasteiger partial charge in [0.2, 0.25) is 0 Å². The Morgan fingerprint density at radius 2 is 2.16 bits per heavy atom. The van der Waals surface area contributed by atoms with Gasteiger partial charge in [-0.2, -0.15) is 0 Å². The molecule has 0 unspecified atom stereocenters. The molecule has 0 aromatic carbocycles. The van der Waals surface area contributed by atoms with E-state index in [0.29, 0.717) is 0 Å². The number of thiazole rings is 1. The Morgan fingerprint density at radius 3 is 2.68 bits per heavy atom. The summed E-state index contributed by atoms with van der Waals surface area (Å²) in [4.78, 5) is 20.0. The number of amides is 1. The van der Waals surface area contributed by atoms with Crippen molar-refractivity contribution in [2.24, 2.45) is 0 Å². The monoisotopic (exact) mass is 281 g/mol. The van der Waals surface area contributed by atoms with Gasteiger partial charge in [0, 0.05) is 31.1 Å². The molecule has 1 saturated heterocycles. The normalized spacial score (nSPS) is 20.7. The first-order chi connectivity index (χ1) is 8.80. The molecular weight excluding hydrogens is 258 g/mol. The molecule has 1 N–H and O–H groups in total. The SMILES string of the molecule is Cc1nc(C(C)(C)C)sc1C(=O)N1CCNC[C@@H]1C. The number of piperazine rings is 1. The lowest BCUT2D eigenvalue weighted by Crippen LogP contribution is -2.52. The molecule has 1 amide bonds. The lowest BCUT2D eigenvalue weighted by Gasteiger charge is -2.33. The smallest absolute Gasteiger partial charge is 0.266 e. The molecule has 0 spiro atoms. The Bertz CT molecular complexity index is 476. The summed E-state index contributed by atoms with van der Waals surface area (Å²) in [5, 5.41) is 4.35. The van der Waals surface area contributed by atoms with E-state index in [1.165, 1.54) is 0 Å². The zero-order valence-corrected chi connectivity index (χ0v) is 13.2. The third-order valence-electron chi connectivity index (χ3n) is 3.39. The average molecular weight is 281 g/mol. The van der Waals surface area contributed by atoms with Crippen LogP contribution in [-0.4, -0.2) is 41.5 Å². The van der Waals surface area contributed by atoms with Gasteiger partial charge in [-0.15, -0.1) is 11.3 Å². The number of carbonyl (C=O) groups is 1. The average Bonchev–Trinajstić information content (AvgIpc) is 2.71. The number of nitrogens with one attached hydrogen (secondary N) is 1. The quantitative estimate of drug-likeness (QED) is 0.858. The highest BCUT2D eigenvalue weighted by atomic mass is 32.1. The van der Waals surface area contributed by atoms with Gasteiger partial charge in [-0.05, 0) is 13.8 Å². The van der Waals surface area contributed by atoms with Gasteiger partial charge in [-0.25, -0.2) is 4.98 Å². The minimum atomic E-state index is 0.00300. The zero-order chi connectivity index (χ0) is 14.2. The number of aryl methyl sites for hydroxylation is 1. The van der Waals surface area contributed by atoms with E-state index in [4.69, 9.17) is 0 Å². The van der Waals surface area contributed by atoms with Crippen LogP contribution in [0.2, 0.25) is 0 Å². The van der Waals surface area contributed by atoms with Gasteiger partial charge in [0.05, 0.1) is 10.7 Å². The molecule has 1 atom stereocenters. The Kier molecular flexibility index (Phi) is 3.97. The molecule has 0 aliphatic carbocycles. The summed E-state index contributed by atoms with van der Waals surface area (Å²) in [7, 11) is 0. The third kappa shape index (κ3) is 2.98. The molecule has 2 heterocycles. The lowest BCUT2D eigenvalue weighted by atomic mass is 9.98. The van der Waals surface area contributed by atoms with Crippen LogP contribution in [0.3, 0.4) is 0 Å². The molecule has 1 aromatic heterocycles. The first-order valence-electron chi connectivity index (χ1n) is 6.80. The van der Waals surface area contributed by atoms with Gasteiger partial charge in [0.25, 0.3) is 5.91 Å². The van der Waals surface area contributed by atoms with Crippen LogP contribution >= 0.6 is 11.3 Å². The minimum Gasteiger partial charge on any atom is -0.333 e. The number of hydrogen-bond donors (Lipinski definition) is 1. The first-order valence-corrected chi connectivity index (χ1v) is 7.62. The summed E-state index contributed by atoms with van der Waals surface area (Å²) in [6.07, 6.45) is 0. The van der Waals surface area contributed by atoms with Gasteiger partial charge in [-0.1, -0.05) is 20.8 Å². The Balaban J connectivity index is 2.26. The summed E-state index contributed by atoms with van der Waals surface area (Å²) >= 11 is 1.55. The van der Waals surface area contributed by atoms with Crippen LogP contribution in [0.25, 0.3) is 0 Å². The van der Waals surface area contributed by atoms with Crippen LogP contribution in [-0.2, 0) is 5.41 Å². The van der Waals surface area contributed by atoms with Crippen LogP contribution < -0.4 is 5.32 Å². The highest BCUT2D eigenvalue weighted by molar-refractivity contribution is 7.14.